The van der Waals surface area contributed by atoms with Crippen LogP contribution in [0.2, 0.25) is 0 Å². The SMILES string of the molecule is [2H]C([2H])([2H])c1ccc(-c2ccnc(-c3cc(-c4cccc5c4nc(-c4cc(C(C)C)cc(C(C)C)c4O)n5-c4cc(-c5ccccc5)c(C)cc4-c4ccc(C(C)(C)C)cc4)cc(C(C)(C)C)c3)c2)cc1. The van der Waals surface area contributed by atoms with Crippen molar-refractivity contribution in [3.8, 4) is 78.6 Å². The highest BCUT2D eigenvalue weighted by Crippen LogP contribution is 2.46. The van der Waals surface area contributed by atoms with Gasteiger partial charge in [0.05, 0.1) is 28.0 Å². The third kappa shape index (κ3) is 8.93. The second-order valence-electron chi connectivity index (χ2n) is 21.2. The third-order valence-electron chi connectivity index (χ3n) is 13.5. The monoisotopic (exact) mass is 895 g/mol. The molecule has 4 heteroatoms. The van der Waals surface area contributed by atoms with Crippen LogP contribution in [0.5, 0.6) is 5.75 Å². The van der Waals surface area contributed by atoms with Gasteiger partial charge in [0.2, 0.25) is 0 Å². The number of fused-ring (bicyclic) bond motifs is 1. The van der Waals surface area contributed by atoms with Crippen LogP contribution >= 0.6 is 0 Å². The molecule has 9 aromatic rings. The quantitative estimate of drug-likeness (QED) is 0.157. The van der Waals surface area contributed by atoms with Crippen molar-refractivity contribution in [2.75, 3.05) is 0 Å². The Morgan fingerprint density at radius 1 is 0.544 bits per heavy atom. The summed E-state index contributed by atoms with van der Waals surface area (Å²) in [6.45, 7) is 22.1. The van der Waals surface area contributed by atoms with Crippen molar-refractivity contribution in [3.05, 3.63) is 191 Å². The number of nitrogens with zero attached hydrogens (tertiary/aromatic N) is 3. The Labute approximate surface area is 408 Å². The molecule has 1 N–H and O–H groups in total. The van der Waals surface area contributed by atoms with E-state index in [0.29, 0.717) is 17.0 Å². The minimum absolute atomic E-state index is 0.0100. The molecule has 68 heavy (non-hydrogen) atoms. The van der Waals surface area contributed by atoms with Crippen LogP contribution in [0.1, 0.15) is 119 Å². The fourth-order valence-electron chi connectivity index (χ4n) is 9.37. The number of aromatic hydroxyl groups is 1. The highest BCUT2D eigenvalue weighted by molar-refractivity contribution is 5.98. The summed E-state index contributed by atoms with van der Waals surface area (Å²) in [5, 5.41) is 12.5. The number of rotatable bonds is 9. The number of aryl methyl sites for hydroxylation is 2. The zero-order valence-corrected chi connectivity index (χ0v) is 41.5. The number of benzene rings is 7. The van der Waals surface area contributed by atoms with Gasteiger partial charge in [-0.15, -0.1) is 0 Å². The van der Waals surface area contributed by atoms with Gasteiger partial charge < -0.3 is 5.11 Å². The molecule has 0 aliphatic heterocycles. The van der Waals surface area contributed by atoms with Gasteiger partial charge in [-0.1, -0.05) is 178 Å². The van der Waals surface area contributed by atoms with Crippen LogP contribution < -0.4 is 0 Å². The van der Waals surface area contributed by atoms with Gasteiger partial charge in [0.1, 0.15) is 11.6 Å². The molecule has 0 amide bonds. The largest absolute Gasteiger partial charge is 0.507 e. The Morgan fingerprint density at radius 2 is 1.22 bits per heavy atom. The van der Waals surface area contributed by atoms with Gasteiger partial charge >= 0.3 is 0 Å². The van der Waals surface area contributed by atoms with E-state index in [4.69, 9.17) is 14.1 Å². The molecule has 0 saturated carbocycles. The number of pyridine rings is 1. The minimum atomic E-state index is -2.17. The lowest BCUT2D eigenvalue weighted by Gasteiger charge is -2.22. The predicted molar refractivity (Wildman–Crippen MR) is 288 cm³/mol. The van der Waals surface area contributed by atoms with E-state index in [0.717, 1.165) is 94.7 Å². The van der Waals surface area contributed by atoms with Crippen molar-refractivity contribution in [2.24, 2.45) is 0 Å². The summed E-state index contributed by atoms with van der Waals surface area (Å²) in [6.07, 6.45) is 1.82. The Morgan fingerprint density at radius 3 is 1.88 bits per heavy atom. The summed E-state index contributed by atoms with van der Waals surface area (Å²) in [4.78, 5) is 10.6. The Kier molecular flexibility index (Phi) is 11.1. The molecule has 0 radical (unpaired) electrons. The summed E-state index contributed by atoms with van der Waals surface area (Å²) in [5.41, 5.74) is 19.0. The van der Waals surface area contributed by atoms with Crippen LogP contribution in [-0.2, 0) is 10.8 Å². The number of phenolic OH excluding ortho intramolecular Hbond substituents is 1. The van der Waals surface area contributed by atoms with E-state index < -0.39 is 6.85 Å². The van der Waals surface area contributed by atoms with Crippen LogP contribution in [0, 0.1) is 13.8 Å². The molecule has 0 unspecified atom stereocenters. The number of para-hydroxylation sites is 1. The molecule has 2 heterocycles. The highest BCUT2D eigenvalue weighted by atomic mass is 16.3. The number of phenols is 1. The van der Waals surface area contributed by atoms with Gasteiger partial charge in [-0.05, 0) is 146 Å². The molecular weight excluding hydrogens is 827 g/mol. The maximum Gasteiger partial charge on any atom is 0.149 e. The standard InChI is InChI=1S/C64H65N3O/c1-39(2)47-35-53(40(3)4)61(68)56(36-47)62-66-60-52(48-32-49(34-51(33-48)64(10,11)12)57-37-46(29-30-65-57)43-23-21-41(5)22-24-43)19-16-20-58(60)67(62)59-38-54(44-17-14-13-15-18-44)42(6)31-55(59)45-25-27-50(28-26-45)63(7,8)9/h13-40,68H,1-12H3/i5D3. The Hall–Kier alpha value is -7.04. The van der Waals surface area contributed by atoms with Gasteiger partial charge in [0.15, 0.2) is 0 Å². The number of imidazole rings is 1. The number of aromatic nitrogens is 3. The number of hydrogen-bond donors (Lipinski definition) is 1. The van der Waals surface area contributed by atoms with E-state index in [1.165, 1.54) is 5.56 Å². The minimum Gasteiger partial charge on any atom is -0.507 e. The molecule has 2 aromatic heterocycles. The van der Waals surface area contributed by atoms with E-state index in [1.807, 2.05) is 24.4 Å². The lowest BCUT2D eigenvalue weighted by Crippen LogP contribution is -2.11. The summed E-state index contributed by atoms with van der Waals surface area (Å²) < 4.78 is 26.0. The van der Waals surface area contributed by atoms with Crippen LogP contribution in [0.4, 0.5) is 0 Å². The Balaban J connectivity index is 1.34. The van der Waals surface area contributed by atoms with Gasteiger partial charge in [-0.3, -0.25) is 9.55 Å². The average molecular weight is 895 g/mol. The van der Waals surface area contributed by atoms with Gasteiger partial charge in [-0.25, -0.2) is 4.98 Å². The summed E-state index contributed by atoms with van der Waals surface area (Å²) in [6, 6.07) is 52.8. The van der Waals surface area contributed by atoms with E-state index >= 15 is 0 Å². The first kappa shape index (κ1) is 42.3. The maximum absolute atomic E-state index is 12.5. The van der Waals surface area contributed by atoms with Gasteiger partial charge in [0.25, 0.3) is 0 Å². The first-order valence-corrected chi connectivity index (χ1v) is 24.0. The molecule has 0 fully saturated rings. The molecular formula is C64H65N3O. The smallest absolute Gasteiger partial charge is 0.149 e. The molecule has 0 spiro atoms. The van der Waals surface area contributed by atoms with Crippen LogP contribution in [-0.4, -0.2) is 19.6 Å². The first-order valence-electron chi connectivity index (χ1n) is 25.5. The molecule has 9 rings (SSSR count). The normalized spacial score (nSPS) is 13.0. The van der Waals surface area contributed by atoms with Crippen LogP contribution in [0.15, 0.2) is 158 Å². The fourth-order valence-corrected chi connectivity index (χ4v) is 9.37. The second-order valence-corrected chi connectivity index (χ2v) is 21.2. The molecule has 0 aliphatic carbocycles. The molecule has 7 aromatic carbocycles. The zero-order chi connectivity index (χ0) is 50.7. The van der Waals surface area contributed by atoms with Crippen molar-refractivity contribution < 1.29 is 9.22 Å². The molecule has 0 atom stereocenters. The van der Waals surface area contributed by atoms with E-state index in [2.05, 4.69) is 202 Å². The molecule has 0 aliphatic rings. The van der Waals surface area contributed by atoms with Crippen molar-refractivity contribution in [2.45, 2.75) is 106 Å². The lowest BCUT2D eigenvalue weighted by molar-refractivity contribution is 0.466. The number of hydrogen-bond acceptors (Lipinski definition) is 3. The first-order chi connectivity index (χ1) is 33.6. The van der Waals surface area contributed by atoms with E-state index in [-0.39, 0.29) is 28.4 Å². The summed E-state index contributed by atoms with van der Waals surface area (Å²) in [5.74, 6) is 1.18. The van der Waals surface area contributed by atoms with Gasteiger partial charge in [0, 0.05) is 27.0 Å². The van der Waals surface area contributed by atoms with Crippen LogP contribution in [0.3, 0.4) is 0 Å². The van der Waals surface area contributed by atoms with E-state index in [9.17, 15) is 5.11 Å². The highest BCUT2D eigenvalue weighted by Gasteiger charge is 2.27. The molecule has 0 saturated heterocycles. The zero-order valence-electron chi connectivity index (χ0n) is 44.5. The predicted octanol–water partition coefficient (Wildman–Crippen LogP) is 17.6. The summed E-state index contributed by atoms with van der Waals surface area (Å²) in [7, 11) is 0. The average Bonchev–Trinajstić information content (AvgIpc) is 3.72. The maximum atomic E-state index is 12.5. The Bertz CT molecular complexity index is 3420. The summed E-state index contributed by atoms with van der Waals surface area (Å²) >= 11 is 0. The van der Waals surface area contributed by atoms with Crippen molar-refractivity contribution in [1.29, 1.82) is 0 Å². The fraction of sp³-hybridized carbons (Fsp3) is 0.250. The molecule has 342 valence electrons. The van der Waals surface area contributed by atoms with Gasteiger partial charge in [-0.2, -0.15) is 0 Å². The second kappa shape index (κ2) is 17.9. The van der Waals surface area contributed by atoms with Crippen LogP contribution in [0.25, 0.3) is 83.9 Å². The molecule has 0 bridgehead atoms. The topological polar surface area (TPSA) is 50.9 Å². The van der Waals surface area contributed by atoms with Crippen molar-refractivity contribution in [3.63, 3.8) is 0 Å². The van der Waals surface area contributed by atoms with E-state index in [1.54, 1.807) is 12.1 Å². The third-order valence-corrected chi connectivity index (χ3v) is 13.5. The molecule has 4 nitrogen and oxygen atoms in total. The van der Waals surface area contributed by atoms with Crippen molar-refractivity contribution >= 4 is 11.0 Å². The lowest BCUT2D eigenvalue weighted by atomic mass is 9.83. The van der Waals surface area contributed by atoms with Crippen molar-refractivity contribution in [1.82, 2.24) is 14.5 Å².